The third kappa shape index (κ3) is 3.07. The van der Waals surface area contributed by atoms with E-state index in [9.17, 15) is 14.9 Å². The molecule has 1 saturated carbocycles. The van der Waals surface area contributed by atoms with Crippen molar-refractivity contribution in [3.8, 4) is 23.1 Å². The van der Waals surface area contributed by atoms with Gasteiger partial charge in [-0.05, 0) is 25.0 Å². The number of rotatable bonds is 4. The number of hydrogen-bond acceptors (Lipinski definition) is 5. The molecule has 0 N–H and O–H groups in total. The molecule has 0 saturated heterocycles. The van der Waals surface area contributed by atoms with E-state index in [0.29, 0.717) is 45.8 Å². The summed E-state index contributed by atoms with van der Waals surface area (Å²) >= 11 is 6.37. The molecule has 6 rings (SSSR count). The second-order valence-corrected chi connectivity index (χ2v) is 8.99. The zero-order valence-corrected chi connectivity index (χ0v) is 18.6. The Morgan fingerprint density at radius 2 is 1.85 bits per heavy atom. The van der Waals surface area contributed by atoms with E-state index in [1.807, 2.05) is 30.3 Å². The molecular formula is C26H17ClN4O3. The summed E-state index contributed by atoms with van der Waals surface area (Å²) < 4.78 is 8.58. The Labute approximate surface area is 198 Å². The molecule has 1 aliphatic rings. The lowest BCUT2D eigenvalue weighted by Crippen LogP contribution is -2.40. The molecule has 0 amide bonds. The Morgan fingerprint density at radius 3 is 2.62 bits per heavy atom. The van der Waals surface area contributed by atoms with Crippen molar-refractivity contribution in [3.05, 3.63) is 92.9 Å². The van der Waals surface area contributed by atoms with Crippen LogP contribution in [0.15, 0.2) is 81.0 Å². The van der Waals surface area contributed by atoms with E-state index in [4.69, 9.17) is 16.0 Å². The number of pyridine rings is 1. The van der Waals surface area contributed by atoms with Crippen LogP contribution in [0.3, 0.4) is 0 Å². The molecular weight excluding hydrogens is 452 g/mol. The van der Waals surface area contributed by atoms with Crippen molar-refractivity contribution in [1.29, 1.82) is 5.26 Å². The Balaban J connectivity index is 1.70. The molecule has 0 bridgehead atoms. The highest BCUT2D eigenvalue weighted by Gasteiger charge is 2.44. The monoisotopic (exact) mass is 468 g/mol. The highest BCUT2D eigenvalue weighted by Crippen LogP contribution is 2.46. The maximum atomic E-state index is 13.8. The van der Waals surface area contributed by atoms with E-state index in [-0.39, 0.29) is 12.1 Å². The van der Waals surface area contributed by atoms with E-state index in [0.717, 1.165) is 9.95 Å². The third-order valence-corrected chi connectivity index (χ3v) is 6.73. The number of hydrogen-bond donors (Lipinski definition) is 0. The Kier molecular flexibility index (Phi) is 4.48. The van der Waals surface area contributed by atoms with Crippen molar-refractivity contribution in [2.75, 3.05) is 0 Å². The fourth-order valence-corrected chi connectivity index (χ4v) is 4.57. The maximum absolute atomic E-state index is 13.8. The SMILES string of the molecule is N#CC1(Cn2c(=O)n(-c3cncc4ccccc34)c(=O)c3oc(-c4ccccc4Cl)cc32)CC1. The number of furan rings is 1. The van der Waals surface area contributed by atoms with Crippen molar-refractivity contribution < 1.29 is 4.42 Å². The van der Waals surface area contributed by atoms with E-state index >= 15 is 0 Å². The number of aromatic nitrogens is 3. The second-order valence-electron chi connectivity index (χ2n) is 8.59. The summed E-state index contributed by atoms with van der Waals surface area (Å²) in [6, 6.07) is 18.5. The van der Waals surface area contributed by atoms with Crippen molar-refractivity contribution in [2.45, 2.75) is 19.4 Å². The van der Waals surface area contributed by atoms with Gasteiger partial charge in [0, 0.05) is 35.1 Å². The zero-order valence-electron chi connectivity index (χ0n) is 17.9. The Hall–Kier alpha value is -4.15. The van der Waals surface area contributed by atoms with Crippen LogP contribution < -0.4 is 11.2 Å². The van der Waals surface area contributed by atoms with Crippen molar-refractivity contribution in [2.24, 2.45) is 5.41 Å². The first-order valence-corrected chi connectivity index (χ1v) is 11.2. The predicted molar refractivity (Wildman–Crippen MR) is 129 cm³/mol. The minimum absolute atomic E-state index is 0.0243. The fourth-order valence-electron chi connectivity index (χ4n) is 4.34. The van der Waals surface area contributed by atoms with Crippen molar-refractivity contribution in [3.63, 3.8) is 0 Å². The number of nitrogens with zero attached hydrogens (tertiary/aromatic N) is 4. The molecule has 0 spiro atoms. The van der Waals surface area contributed by atoms with Crippen LogP contribution in [0.4, 0.5) is 0 Å². The summed E-state index contributed by atoms with van der Waals surface area (Å²) in [6.45, 7) is 0.165. The van der Waals surface area contributed by atoms with Crippen LogP contribution in [0.25, 0.3) is 38.9 Å². The molecule has 166 valence electrons. The summed E-state index contributed by atoms with van der Waals surface area (Å²) in [5.74, 6) is 0.376. The molecule has 0 atom stereocenters. The fraction of sp³-hybridized carbons (Fsp3) is 0.154. The average molecular weight is 469 g/mol. The van der Waals surface area contributed by atoms with Gasteiger partial charge in [-0.1, -0.05) is 48.0 Å². The lowest BCUT2D eigenvalue weighted by Gasteiger charge is -2.14. The van der Waals surface area contributed by atoms with Gasteiger partial charge in [-0.3, -0.25) is 14.3 Å². The van der Waals surface area contributed by atoms with Gasteiger partial charge in [0.05, 0.1) is 33.9 Å². The molecule has 8 heteroatoms. The Bertz CT molecular complexity index is 1760. The molecule has 34 heavy (non-hydrogen) atoms. The van der Waals surface area contributed by atoms with Crippen LogP contribution in [0.1, 0.15) is 12.8 Å². The standard InChI is InChI=1S/C26H17ClN4O3/c27-19-8-4-3-7-18(19)22-11-20-23(34-22)24(32)31(25(33)30(20)15-26(14-28)9-10-26)21-13-29-12-16-5-1-2-6-17(16)21/h1-8,11-13H,9-10,15H2. The molecule has 1 aliphatic carbocycles. The summed E-state index contributed by atoms with van der Waals surface area (Å²) in [5.41, 5.74) is -0.414. The zero-order chi connectivity index (χ0) is 23.4. The lowest BCUT2D eigenvalue weighted by molar-refractivity contribution is 0.509. The van der Waals surface area contributed by atoms with Crippen molar-refractivity contribution in [1.82, 2.24) is 14.1 Å². The van der Waals surface area contributed by atoms with E-state index in [1.165, 1.54) is 10.8 Å². The highest BCUT2D eigenvalue weighted by atomic mass is 35.5. The minimum Gasteiger partial charge on any atom is -0.449 e. The molecule has 0 aliphatic heterocycles. The number of nitriles is 1. The van der Waals surface area contributed by atoms with Crippen LogP contribution in [-0.4, -0.2) is 14.1 Å². The molecule has 5 aromatic rings. The van der Waals surface area contributed by atoms with Crippen LogP contribution in [0.5, 0.6) is 0 Å². The predicted octanol–water partition coefficient (Wildman–Crippen LogP) is 4.92. The van der Waals surface area contributed by atoms with Crippen LogP contribution >= 0.6 is 11.6 Å². The van der Waals surface area contributed by atoms with Gasteiger partial charge in [-0.25, -0.2) is 9.36 Å². The lowest BCUT2D eigenvalue weighted by atomic mass is 10.1. The van der Waals surface area contributed by atoms with Gasteiger partial charge in [0.1, 0.15) is 5.76 Å². The topological polar surface area (TPSA) is 93.8 Å². The first-order valence-electron chi connectivity index (χ1n) is 10.8. The van der Waals surface area contributed by atoms with E-state index in [2.05, 4.69) is 11.1 Å². The van der Waals surface area contributed by atoms with Gasteiger partial charge < -0.3 is 4.42 Å². The summed E-state index contributed by atoms with van der Waals surface area (Å²) in [4.78, 5) is 31.7. The van der Waals surface area contributed by atoms with Gasteiger partial charge in [-0.15, -0.1) is 0 Å². The van der Waals surface area contributed by atoms with Crippen molar-refractivity contribution >= 4 is 33.5 Å². The van der Waals surface area contributed by atoms with Gasteiger partial charge >= 0.3 is 11.2 Å². The minimum atomic E-state index is -0.627. The van der Waals surface area contributed by atoms with Crippen LogP contribution in [-0.2, 0) is 6.54 Å². The average Bonchev–Trinajstić information content (AvgIpc) is 3.50. The molecule has 1 fully saturated rings. The Morgan fingerprint density at radius 1 is 1.09 bits per heavy atom. The second kappa shape index (κ2) is 7.44. The number of benzene rings is 2. The quantitative estimate of drug-likeness (QED) is 0.373. The van der Waals surface area contributed by atoms with Crippen LogP contribution in [0.2, 0.25) is 5.02 Å². The number of fused-ring (bicyclic) bond motifs is 2. The number of halogens is 1. The normalized spacial score (nSPS) is 14.4. The molecule has 0 unspecified atom stereocenters. The maximum Gasteiger partial charge on any atom is 0.336 e. The molecule has 3 aromatic heterocycles. The summed E-state index contributed by atoms with van der Waals surface area (Å²) in [6.07, 6.45) is 4.57. The van der Waals surface area contributed by atoms with Gasteiger partial charge in [0.25, 0.3) is 0 Å². The first kappa shape index (κ1) is 20.5. The molecule has 0 radical (unpaired) electrons. The molecule has 3 heterocycles. The van der Waals surface area contributed by atoms with Gasteiger partial charge in [0.15, 0.2) is 0 Å². The summed E-state index contributed by atoms with van der Waals surface area (Å²) in [7, 11) is 0. The molecule has 7 nitrogen and oxygen atoms in total. The van der Waals surface area contributed by atoms with Gasteiger partial charge in [0.2, 0.25) is 5.58 Å². The van der Waals surface area contributed by atoms with Crippen LogP contribution in [0, 0.1) is 16.7 Å². The smallest absolute Gasteiger partial charge is 0.336 e. The third-order valence-electron chi connectivity index (χ3n) is 6.40. The molecule has 2 aromatic carbocycles. The highest BCUT2D eigenvalue weighted by molar-refractivity contribution is 6.33. The largest absolute Gasteiger partial charge is 0.449 e. The van der Waals surface area contributed by atoms with E-state index < -0.39 is 16.7 Å². The summed E-state index contributed by atoms with van der Waals surface area (Å²) in [5, 5.41) is 11.7. The van der Waals surface area contributed by atoms with Gasteiger partial charge in [-0.2, -0.15) is 5.26 Å². The first-order chi connectivity index (χ1) is 16.5. The van der Waals surface area contributed by atoms with E-state index in [1.54, 1.807) is 30.5 Å².